The molecule has 0 fully saturated rings. The summed E-state index contributed by atoms with van der Waals surface area (Å²) in [6.45, 7) is 18.0. The zero-order chi connectivity index (χ0) is 44.5. The van der Waals surface area contributed by atoms with E-state index >= 15 is 0 Å². The van der Waals surface area contributed by atoms with Gasteiger partial charge in [0.25, 0.3) is 47.1 Å². The molecule has 64 heavy (non-hydrogen) atoms. The second-order valence-corrected chi connectivity index (χ2v) is 16.8. The van der Waals surface area contributed by atoms with Crippen LogP contribution in [0.1, 0.15) is 55.4 Å². The number of hydrogen-bond acceptors (Lipinski definition) is 20. The van der Waals surface area contributed by atoms with Crippen LogP contribution in [0.5, 0.6) is 23.0 Å². The van der Waals surface area contributed by atoms with Crippen LogP contribution in [0, 0.1) is 23.7 Å². The molecule has 0 spiro atoms. The molecule has 8 aromatic rings. The number of ether oxygens (including phenoxy) is 4. The second-order valence-electron chi connectivity index (χ2n) is 16.8. The Morgan fingerprint density at radius 3 is 0.594 bits per heavy atom. The van der Waals surface area contributed by atoms with E-state index < -0.39 is 0 Å². The molecule has 0 N–H and O–H groups in total. The molecule has 20 nitrogen and oxygen atoms in total. The van der Waals surface area contributed by atoms with E-state index in [0.29, 0.717) is 49.4 Å². The fraction of sp³-hybridized carbons (Fsp3) is 0.364. The maximum absolute atomic E-state index is 6.25. The van der Waals surface area contributed by atoms with Crippen LogP contribution in [0.2, 0.25) is 0 Å². The molecule has 0 radical (unpaired) electrons. The molecule has 328 valence electrons. The Bertz CT molecular complexity index is 2380. The van der Waals surface area contributed by atoms with Crippen LogP contribution in [0.3, 0.4) is 0 Å². The molecular weight excluding hydrogens is 825 g/mol. The highest BCUT2D eigenvalue weighted by atomic mass is 16.5. The average Bonchev–Trinajstić information content (AvgIpc) is 4.13. The average molecular weight is 869 g/mol. The maximum Gasteiger partial charge on any atom is 0.266 e. The van der Waals surface area contributed by atoms with E-state index in [1.807, 2.05) is 55.4 Å². The fourth-order valence-electron chi connectivity index (χ4n) is 6.00. The molecule has 9 heterocycles. The summed E-state index contributed by atoms with van der Waals surface area (Å²) < 4.78 is 49.6. The third-order valence-corrected chi connectivity index (χ3v) is 8.98. The predicted molar refractivity (Wildman–Crippen MR) is 227 cm³/mol. The van der Waals surface area contributed by atoms with Gasteiger partial charge in [0.05, 0.1) is 26.4 Å². The SMILES string of the molecule is CC(C)COc1cc2nc(c1)-c1nnc(o1)-c1cc(OCC(C)C)cc(n1)-c1nnc(o1)-c1cc(OCC(C)C)cc(n1)-c1nnc(o1)-c1cc(OCC(C)C)cc(n1)-c1nnc-2o1. The summed E-state index contributed by atoms with van der Waals surface area (Å²) in [6.07, 6.45) is 0. The van der Waals surface area contributed by atoms with E-state index in [2.05, 4.69) is 40.8 Å². The summed E-state index contributed by atoms with van der Waals surface area (Å²) in [7, 11) is 0. The lowest BCUT2D eigenvalue weighted by Gasteiger charge is -2.11. The van der Waals surface area contributed by atoms with Gasteiger partial charge >= 0.3 is 0 Å². The van der Waals surface area contributed by atoms with Crippen molar-refractivity contribution in [3.63, 3.8) is 0 Å². The van der Waals surface area contributed by atoms with E-state index in [1.54, 1.807) is 48.5 Å². The number of aromatic nitrogens is 12. The van der Waals surface area contributed by atoms with E-state index in [9.17, 15) is 0 Å². The monoisotopic (exact) mass is 868 g/mol. The first kappa shape index (κ1) is 41.7. The summed E-state index contributed by atoms with van der Waals surface area (Å²) >= 11 is 0. The molecule has 16 bridgehead atoms. The van der Waals surface area contributed by atoms with Crippen LogP contribution in [0.15, 0.2) is 66.2 Å². The minimum atomic E-state index is 0.0686. The van der Waals surface area contributed by atoms with Crippen molar-refractivity contribution in [2.45, 2.75) is 55.4 Å². The molecule has 1 aliphatic heterocycles. The Balaban J connectivity index is 1.23. The molecule has 0 saturated heterocycles. The Hall–Kier alpha value is -7.64. The van der Waals surface area contributed by atoms with Crippen molar-refractivity contribution in [1.82, 2.24) is 60.7 Å². The van der Waals surface area contributed by atoms with Crippen LogP contribution < -0.4 is 18.9 Å². The number of fused-ring (bicyclic) bond motifs is 24. The topological polar surface area (TPSA) is 244 Å². The molecular formula is C44H44N12O8. The molecule has 1 aliphatic rings. The Morgan fingerprint density at radius 2 is 0.453 bits per heavy atom. The molecule has 0 aliphatic carbocycles. The Morgan fingerprint density at radius 1 is 0.297 bits per heavy atom. The lowest BCUT2D eigenvalue weighted by molar-refractivity contribution is 0.271. The van der Waals surface area contributed by atoms with Gasteiger partial charge in [0.2, 0.25) is 0 Å². The smallest absolute Gasteiger partial charge is 0.266 e. The summed E-state index contributed by atoms with van der Waals surface area (Å²) in [5, 5.41) is 34.8. The van der Waals surface area contributed by atoms with Crippen LogP contribution >= 0.6 is 0 Å². The maximum atomic E-state index is 6.25. The standard InChI is InChI=1S/C44H44N12O8/c1-21(2)17-57-25-9-29-37-49-51-39(61-37)31-11-26(58-18-22(3)4)13-33(46-31)41-53-55-43(63-41)35-15-28(60-20-24(7)8)16-36(48-35)44-56-54-42(64-44)34-14-27(59-19-23(5)6)12-32(47-34)40-52-50-38(62-40)30(10-25)45-29/h9-16,21-24H,17-20H2,1-8H3. The van der Waals surface area contributed by atoms with Crippen LogP contribution in [0.4, 0.5) is 0 Å². The molecule has 0 amide bonds. The zero-order valence-electron chi connectivity index (χ0n) is 36.4. The van der Waals surface area contributed by atoms with E-state index in [-0.39, 0.29) is 116 Å². The van der Waals surface area contributed by atoms with Gasteiger partial charge in [-0.05, 0) is 23.7 Å². The highest BCUT2D eigenvalue weighted by Gasteiger charge is 2.25. The van der Waals surface area contributed by atoms with E-state index in [1.165, 1.54) is 0 Å². The molecule has 9 rings (SSSR count). The highest BCUT2D eigenvalue weighted by Crippen LogP contribution is 2.36. The van der Waals surface area contributed by atoms with Gasteiger partial charge in [0.1, 0.15) is 68.5 Å². The summed E-state index contributed by atoms with van der Waals surface area (Å²) in [5.74, 6) is 3.28. The number of pyridine rings is 4. The van der Waals surface area contributed by atoms with Crippen LogP contribution in [-0.2, 0) is 0 Å². The minimum absolute atomic E-state index is 0.0686. The quantitative estimate of drug-likeness (QED) is 0.111. The van der Waals surface area contributed by atoms with Crippen molar-refractivity contribution in [2.24, 2.45) is 23.7 Å². The molecule has 0 atom stereocenters. The van der Waals surface area contributed by atoms with Crippen molar-refractivity contribution in [3.05, 3.63) is 48.5 Å². The first-order valence-electron chi connectivity index (χ1n) is 20.9. The van der Waals surface area contributed by atoms with Gasteiger partial charge in [-0.1, -0.05) is 55.4 Å². The molecule has 0 unspecified atom stereocenters. The summed E-state index contributed by atoms with van der Waals surface area (Å²) in [5.41, 5.74) is 2.23. The lowest BCUT2D eigenvalue weighted by Crippen LogP contribution is -2.05. The third-order valence-electron chi connectivity index (χ3n) is 8.98. The first-order valence-corrected chi connectivity index (χ1v) is 20.9. The Kier molecular flexibility index (Phi) is 11.5. The van der Waals surface area contributed by atoms with Crippen molar-refractivity contribution < 1.29 is 36.6 Å². The lowest BCUT2D eigenvalue weighted by atomic mass is 10.2. The van der Waals surface area contributed by atoms with E-state index in [0.717, 1.165) is 0 Å². The normalized spacial score (nSPS) is 11.9. The molecule has 20 heteroatoms. The van der Waals surface area contributed by atoms with Gasteiger partial charge in [0, 0.05) is 48.5 Å². The number of nitrogens with zero attached hydrogens (tertiary/aromatic N) is 12. The largest absolute Gasteiger partial charge is 0.493 e. The number of rotatable bonds is 12. The molecule has 8 aromatic heterocycles. The number of hydrogen-bond donors (Lipinski definition) is 0. The van der Waals surface area contributed by atoms with Gasteiger partial charge in [0.15, 0.2) is 0 Å². The summed E-state index contributed by atoms with van der Waals surface area (Å²) in [6, 6.07) is 13.5. The van der Waals surface area contributed by atoms with Crippen molar-refractivity contribution in [3.8, 4) is 116 Å². The Labute approximate surface area is 366 Å². The van der Waals surface area contributed by atoms with Gasteiger partial charge in [-0.3, -0.25) is 0 Å². The van der Waals surface area contributed by atoms with Crippen molar-refractivity contribution in [2.75, 3.05) is 26.4 Å². The summed E-state index contributed by atoms with van der Waals surface area (Å²) in [4.78, 5) is 19.2. The van der Waals surface area contributed by atoms with Crippen LogP contribution in [0.25, 0.3) is 92.7 Å². The second kappa shape index (κ2) is 17.6. The van der Waals surface area contributed by atoms with E-state index in [4.69, 9.17) is 56.6 Å². The predicted octanol–water partition coefficient (Wildman–Crippen LogP) is 8.59. The van der Waals surface area contributed by atoms with Gasteiger partial charge in [-0.15, -0.1) is 40.8 Å². The van der Waals surface area contributed by atoms with Crippen molar-refractivity contribution in [1.29, 1.82) is 0 Å². The van der Waals surface area contributed by atoms with Gasteiger partial charge in [-0.2, -0.15) is 0 Å². The first-order chi connectivity index (χ1) is 30.9. The zero-order valence-corrected chi connectivity index (χ0v) is 36.4. The third kappa shape index (κ3) is 9.39. The highest BCUT2D eigenvalue weighted by molar-refractivity contribution is 5.66. The fourth-order valence-corrected chi connectivity index (χ4v) is 6.00. The molecule has 0 aromatic carbocycles. The molecule has 0 saturated carbocycles. The van der Waals surface area contributed by atoms with Crippen LogP contribution in [-0.4, -0.2) is 87.2 Å². The van der Waals surface area contributed by atoms with Gasteiger partial charge in [-0.25, -0.2) is 19.9 Å². The van der Waals surface area contributed by atoms with Gasteiger partial charge < -0.3 is 36.6 Å². The van der Waals surface area contributed by atoms with Crippen molar-refractivity contribution >= 4 is 0 Å². The minimum Gasteiger partial charge on any atom is -0.493 e.